The third kappa shape index (κ3) is 3.86. The fourth-order valence-electron chi connectivity index (χ4n) is 1.97. The van der Waals surface area contributed by atoms with Gasteiger partial charge in [-0.25, -0.2) is 0 Å². The summed E-state index contributed by atoms with van der Waals surface area (Å²) < 4.78 is 5.67. The maximum absolute atomic E-state index is 8.86. The van der Waals surface area contributed by atoms with Crippen molar-refractivity contribution in [1.82, 2.24) is 5.32 Å². The number of rotatable bonds is 5. The van der Waals surface area contributed by atoms with Crippen LogP contribution < -0.4 is 10.1 Å². The van der Waals surface area contributed by atoms with E-state index in [9.17, 15) is 0 Å². The van der Waals surface area contributed by atoms with Crippen LogP contribution in [0.3, 0.4) is 0 Å². The topological polar surface area (TPSA) is 41.5 Å². The lowest BCUT2D eigenvalue weighted by Gasteiger charge is -2.21. The lowest BCUT2D eigenvalue weighted by molar-refractivity contribution is 0.269. The molecule has 1 atom stereocenters. The molecule has 2 rings (SSSR count). The largest absolute Gasteiger partial charge is 0.487 e. The smallest absolute Gasteiger partial charge is 0.145 e. The van der Waals surface area contributed by atoms with Crippen LogP contribution in [0.2, 0.25) is 10.0 Å². The van der Waals surface area contributed by atoms with E-state index < -0.39 is 0 Å². The highest BCUT2D eigenvalue weighted by molar-refractivity contribution is 6.36. The molecule has 0 aliphatic carbocycles. The molecule has 0 radical (unpaired) electrons. The van der Waals surface area contributed by atoms with Crippen LogP contribution in [0, 0.1) is 0 Å². The molecular weight excluding hydrogens is 285 g/mol. The SMILES string of the molecule is C[C@H](CCO)NCC1=Cc2cc(Cl)cc(Cl)c2OC1. The third-order valence-electron chi connectivity index (χ3n) is 3.04. The fraction of sp³-hybridized carbons (Fsp3) is 0.429. The zero-order valence-corrected chi connectivity index (χ0v) is 12.3. The number of aliphatic hydroxyl groups is 1. The van der Waals surface area contributed by atoms with Gasteiger partial charge in [0.2, 0.25) is 0 Å². The summed E-state index contributed by atoms with van der Waals surface area (Å²) in [6, 6.07) is 3.80. The van der Waals surface area contributed by atoms with E-state index in [0.29, 0.717) is 22.4 Å². The second kappa shape index (κ2) is 6.62. The van der Waals surface area contributed by atoms with Gasteiger partial charge < -0.3 is 15.2 Å². The maximum atomic E-state index is 8.86. The van der Waals surface area contributed by atoms with Gasteiger partial charge in [0.15, 0.2) is 0 Å². The minimum atomic E-state index is 0.192. The summed E-state index contributed by atoms with van der Waals surface area (Å²) in [7, 11) is 0. The van der Waals surface area contributed by atoms with Crippen molar-refractivity contribution < 1.29 is 9.84 Å². The summed E-state index contributed by atoms with van der Waals surface area (Å²) in [6.07, 6.45) is 2.79. The highest BCUT2D eigenvalue weighted by atomic mass is 35.5. The van der Waals surface area contributed by atoms with E-state index >= 15 is 0 Å². The molecule has 1 aromatic rings. The van der Waals surface area contributed by atoms with E-state index in [-0.39, 0.29) is 12.6 Å². The lowest BCUT2D eigenvalue weighted by Crippen LogP contribution is -2.30. The standard InChI is InChI=1S/C14H17Cl2NO2/c1-9(2-3-18)17-7-10-4-11-5-12(15)6-13(16)14(11)19-8-10/h4-6,9,17-18H,2-3,7-8H2,1H3/t9-/m1/s1. The Bertz CT molecular complexity index is 489. The van der Waals surface area contributed by atoms with Crippen LogP contribution in [0.5, 0.6) is 5.75 Å². The van der Waals surface area contributed by atoms with Gasteiger partial charge in [-0.3, -0.25) is 0 Å². The van der Waals surface area contributed by atoms with Gasteiger partial charge in [-0.15, -0.1) is 0 Å². The molecule has 0 fully saturated rings. The molecule has 104 valence electrons. The van der Waals surface area contributed by atoms with Crippen molar-refractivity contribution in [1.29, 1.82) is 0 Å². The first-order chi connectivity index (χ1) is 9.10. The van der Waals surface area contributed by atoms with Crippen molar-refractivity contribution in [3.8, 4) is 5.75 Å². The molecule has 5 heteroatoms. The number of hydrogen-bond acceptors (Lipinski definition) is 3. The zero-order valence-electron chi connectivity index (χ0n) is 10.7. The summed E-state index contributed by atoms with van der Waals surface area (Å²) in [5.74, 6) is 0.693. The number of hydrogen-bond donors (Lipinski definition) is 2. The van der Waals surface area contributed by atoms with Crippen molar-refractivity contribution in [3.63, 3.8) is 0 Å². The maximum Gasteiger partial charge on any atom is 0.145 e. The molecule has 1 aliphatic heterocycles. The number of aliphatic hydroxyl groups excluding tert-OH is 1. The Kier molecular flexibility index (Phi) is 5.11. The normalized spacial score (nSPS) is 15.5. The molecule has 1 heterocycles. The summed E-state index contributed by atoms with van der Waals surface area (Å²) in [5, 5.41) is 13.3. The summed E-state index contributed by atoms with van der Waals surface area (Å²) in [6.45, 7) is 3.48. The number of nitrogens with one attached hydrogen (secondary N) is 1. The van der Waals surface area contributed by atoms with E-state index in [2.05, 4.69) is 11.4 Å². The van der Waals surface area contributed by atoms with Crippen molar-refractivity contribution in [2.75, 3.05) is 19.8 Å². The first kappa shape index (κ1) is 14.7. The fourth-order valence-corrected chi connectivity index (χ4v) is 2.53. The summed E-state index contributed by atoms with van der Waals surface area (Å²) in [4.78, 5) is 0. The van der Waals surface area contributed by atoms with Crippen LogP contribution in [0.4, 0.5) is 0 Å². The Labute approximate surface area is 123 Å². The van der Waals surface area contributed by atoms with Gasteiger partial charge in [0, 0.05) is 29.8 Å². The average Bonchev–Trinajstić information content (AvgIpc) is 2.36. The minimum absolute atomic E-state index is 0.192. The molecule has 0 amide bonds. The van der Waals surface area contributed by atoms with Gasteiger partial charge in [0.1, 0.15) is 12.4 Å². The van der Waals surface area contributed by atoms with Crippen LogP contribution in [0.1, 0.15) is 18.9 Å². The Hall–Kier alpha value is -0.740. The van der Waals surface area contributed by atoms with Gasteiger partial charge in [0.25, 0.3) is 0 Å². The molecule has 0 aromatic heterocycles. The molecule has 0 spiro atoms. The van der Waals surface area contributed by atoms with Crippen molar-refractivity contribution >= 4 is 29.3 Å². The molecule has 0 bridgehead atoms. The molecule has 1 aromatic carbocycles. The zero-order chi connectivity index (χ0) is 13.8. The third-order valence-corrected chi connectivity index (χ3v) is 3.54. The second-order valence-corrected chi connectivity index (χ2v) is 5.54. The van der Waals surface area contributed by atoms with E-state index in [1.807, 2.05) is 13.0 Å². The van der Waals surface area contributed by atoms with Gasteiger partial charge in [-0.2, -0.15) is 0 Å². The van der Waals surface area contributed by atoms with Gasteiger partial charge in [-0.1, -0.05) is 23.2 Å². The number of ether oxygens (including phenoxy) is 1. The number of fused-ring (bicyclic) bond motifs is 1. The Balaban J connectivity index is 2.06. The van der Waals surface area contributed by atoms with E-state index in [0.717, 1.165) is 24.1 Å². The van der Waals surface area contributed by atoms with Crippen molar-refractivity contribution in [2.45, 2.75) is 19.4 Å². The Morgan fingerprint density at radius 2 is 2.21 bits per heavy atom. The van der Waals surface area contributed by atoms with Crippen LogP contribution >= 0.6 is 23.2 Å². The highest BCUT2D eigenvalue weighted by Gasteiger charge is 2.15. The molecule has 3 nitrogen and oxygen atoms in total. The van der Waals surface area contributed by atoms with Crippen LogP contribution in [0.15, 0.2) is 17.7 Å². The molecule has 1 aliphatic rings. The van der Waals surface area contributed by atoms with E-state index in [1.54, 1.807) is 6.07 Å². The summed E-state index contributed by atoms with van der Waals surface area (Å²) in [5.41, 5.74) is 2.05. The second-order valence-electron chi connectivity index (χ2n) is 4.69. The lowest BCUT2D eigenvalue weighted by atomic mass is 10.1. The summed E-state index contributed by atoms with van der Waals surface area (Å²) >= 11 is 12.1. The van der Waals surface area contributed by atoms with Crippen molar-refractivity contribution in [2.24, 2.45) is 0 Å². The quantitative estimate of drug-likeness (QED) is 0.878. The first-order valence-corrected chi connectivity index (χ1v) is 7.01. The average molecular weight is 302 g/mol. The Morgan fingerprint density at radius 1 is 1.42 bits per heavy atom. The monoisotopic (exact) mass is 301 g/mol. The molecule has 0 unspecified atom stereocenters. The van der Waals surface area contributed by atoms with Gasteiger partial charge in [0.05, 0.1) is 5.02 Å². The molecular formula is C14H17Cl2NO2. The van der Waals surface area contributed by atoms with E-state index in [1.165, 1.54) is 0 Å². The van der Waals surface area contributed by atoms with E-state index in [4.69, 9.17) is 33.0 Å². The predicted molar refractivity (Wildman–Crippen MR) is 79.1 cm³/mol. The van der Waals surface area contributed by atoms with Crippen LogP contribution in [-0.4, -0.2) is 30.9 Å². The number of benzene rings is 1. The molecule has 0 saturated heterocycles. The van der Waals surface area contributed by atoms with Crippen molar-refractivity contribution in [3.05, 3.63) is 33.3 Å². The predicted octanol–water partition coefficient (Wildman–Crippen LogP) is 3.13. The van der Waals surface area contributed by atoms with Crippen LogP contribution in [-0.2, 0) is 0 Å². The van der Waals surface area contributed by atoms with Gasteiger partial charge >= 0.3 is 0 Å². The first-order valence-electron chi connectivity index (χ1n) is 6.25. The highest BCUT2D eigenvalue weighted by Crippen LogP contribution is 2.36. The molecule has 2 N–H and O–H groups in total. The molecule has 0 saturated carbocycles. The Morgan fingerprint density at radius 3 is 2.95 bits per heavy atom. The number of halogens is 2. The van der Waals surface area contributed by atoms with Gasteiger partial charge in [-0.05, 0) is 37.1 Å². The van der Waals surface area contributed by atoms with Crippen LogP contribution in [0.25, 0.3) is 6.08 Å². The minimum Gasteiger partial charge on any atom is -0.487 e. The molecule has 19 heavy (non-hydrogen) atoms.